The van der Waals surface area contributed by atoms with Crippen molar-refractivity contribution in [1.29, 1.82) is 0 Å². The zero-order valence-electron chi connectivity index (χ0n) is 14.7. The van der Waals surface area contributed by atoms with Crippen LogP contribution in [0.25, 0.3) is 0 Å². The molecule has 0 heterocycles. The zero-order chi connectivity index (χ0) is 19.7. The van der Waals surface area contributed by atoms with Crippen LogP contribution < -0.4 is 10.6 Å². The molecule has 0 aromatic heterocycles. The molecule has 0 bridgehead atoms. The lowest BCUT2D eigenvalue weighted by Gasteiger charge is -2.21. The van der Waals surface area contributed by atoms with Gasteiger partial charge in [-0.2, -0.15) is 0 Å². The minimum atomic E-state index is -1.29. The summed E-state index contributed by atoms with van der Waals surface area (Å²) in [5.74, 6) is -3.39. The lowest BCUT2D eigenvalue weighted by Crippen LogP contribution is -2.53. The minimum absolute atomic E-state index is 0.135. The van der Waals surface area contributed by atoms with Crippen LogP contribution in [0.5, 0.6) is 0 Å². The quantitative estimate of drug-likeness (QED) is 0.630. The van der Waals surface area contributed by atoms with Gasteiger partial charge in [-0.05, 0) is 11.6 Å². The number of ether oxygens (including phenoxy) is 2. The minimum Gasteiger partial charge on any atom is -0.469 e. The first-order valence-electron chi connectivity index (χ1n) is 7.74. The highest BCUT2D eigenvalue weighted by atomic mass is 19.1. The fourth-order valence-corrected chi connectivity index (χ4v) is 2.20. The smallest absolute Gasteiger partial charge is 0.328 e. The first-order chi connectivity index (χ1) is 12.3. The Morgan fingerprint density at radius 3 is 2.23 bits per heavy atom. The summed E-state index contributed by atoms with van der Waals surface area (Å²) in [6.07, 6.45) is -0.578. The van der Waals surface area contributed by atoms with Crippen LogP contribution in [0.3, 0.4) is 0 Å². The highest BCUT2D eigenvalue weighted by Crippen LogP contribution is 2.10. The van der Waals surface area contributed by atoms with E-state index in [1.54, 1.807) is 6.07 Å². The molecule has 0 aliphatic rings. The number of nitrogens with one attached hydrogen (secondary N) is 2. The Balaban J connectivity index is 2.95. The van der Waals surface area contributed by atoms with E-state index < -0.39 is 48.1 Å². The zero-order valence-corrected chi connectivity index (χ0v) is 14.7. The maximum Gasteiger partial charge on any atom is 0.328 e. The number of hydrogen-bond donors (Lipinski definition) is 2. The summed E-state index contributed by atoms with van der Waals surface area (Å²) >= 11 is 0. The second-order valence-corrected chi connectivity index (χ2v) is 5.41. The van der Waals surface area contributed by atoms with Gasteiger partial charge in [0, 0.05) is 13.3 Å². The molecule has 2 atom stereocenters. The van der Waals surface area contributed by atoms with Crippen molar-refractivity contribution in [3.05, 3.63) is 35.6 Å². The van der Waals surface area contributed by atoms with Crippen LogP contribution >= 0.6 is 0 Å². The van der Waals surface area contributed by atoms with E-state index in [9.17, 15) is 23.6 Å². The van der Waals surface area contributed by atoms with Gasteiger partial charge in [-0.1, -0.05) is 18.2 Å². The second-order valence-electron chi connectivity index (χ2n) is 5.41. The highest BCUT2D eigenvalue weighted by Gasteiger charge is 2.29. The average Bonchev–Trinajstić information content (AvgIpc) is 2.60. The van der Waals surface area contributed by atoms with Gasteiger partial charge in [-0.25, -0.2) is 9.18 Å². The summed E-state index contributed by atoms with van der Waals surface area (Å²) < 4.78 is 22.9. The number of hydrogen-bond acceptors (Lipinski definition) is 6. The fraction of sp³-hybridized carbons (Fsp3) is 0.412. The number of benzene rings is 1. The van der Waals surface area contributed by atoms with Crippen LogP contribution in [0.1, 0.15) is 18.9 Å². The van der Waals surface area contributed by atoms with Gasteiger partial charge in [-0.15, -0.1) is 0 Å². The maximum atomic E-state index is 13.8. The third-order valence-corrected chi connectivity index (χ3v) is 3.48. The van der Waals surface area contributed by atoms with Crippen LogP contribution in [0.4, 0.5) is 4.39 Å². The predicted molar refractivity (Wildman–Crippen MR) is 88.3 cm³/mol. The SMILES string of the molecule is COC(=O)C[C@H](NC(=O)[C@H](Cc1ccccc1F)NC(C)=O)C(=O)OC. The molecular formula is C17H21FN2O6. The summed E-state index contributed by atoms with van der Waals surface area (Å²) in [7, 11) is 2.24. The van der Waals surface area contributed by atoms with E-state index in [1.165, 1.54) is 25.1 Å². The molecule has 0 spiro atoms. The molecule has 1 aromatic carbocycles. The molecule has 0 saturated carbocycles. The molecule has 0 aliphatic heterocycles. The van der Waals surface area contributed by atoms with Crippen LogP contribution in [-0.2, 0) is 35.1 Å². The molecule has 142 valence electrons. The van der Waals surface area contributed by atoms with Crippen molar-refractivity contribution in [3.8, 4) is 0 Å². The van der Waals surface area contributed by atoms with Gasteiger partial charge in [0.1, 0.15) is 17.9 Å². The molecule has 9 heteroatoms. The van der Waals surface area contributed by atoms with E-state index in [0.29, 0.717) is 0 Å². The Labute approximate surface area is 150 Å². The summed E-state index contributed by atoms with van der Waals surface area (Å²) in [6.45, 7) is 1.20. The van der Waals surface area contributed by atoms with Crippen molar-refractivity contribution >= 4 is 23.8 Å². The average molecular weight is 368 g/mol. The van der Waals surface area contributed by atoms with Gasteiger partial charge in [0.25, 0.3) is 0 Å². The third kappa shape index (κ3) is 6.50. The topological polar surface area (TPSA) is 111 Å². The molecule has 26 heavy (non-hydrogen) atoms. The fourth-order valence-electron chi connectivity index (χ4n) is 2.20. The number of esters is 2. The predicted octanol–water partition coefficient (Wildman–Crippen LogP) is 0.0938. The van der Waals surface area contributed by atoms with Gasteiger partial charge in [0.05, 0.1) is 20.6 Å². The van der Waals surface area contributed by atoms with E-state index in [-0.39, 0.29) is 12.0 Å². The standard InChI is InChI=1S/C17H21FN2O6/c1-10(21)19-13(8-11-6-4-5-7-12(11)18)16(23)20-14(17(24)26-3)9-15(22)25-2/h4-7,13-14H,8-9H2,1-3H3,(H,19,21)(H,20,23)/t13-,14-/m0/s1. The number of carbonyl (C=O) groups is 4. The molecule has 0 radical (unpaired) electrons. The largest absolute Gasteiger partial charge is 0.469 e. The highest BCUT2D eigenvalue weighted by molar-refractivity contribution is 5.92. The summed E-state index contributed by atoms with van der Waals surface area (Å²) in [5.41, 5.74) is 0.212. The molecule has 2 amide bonds. The monoisotopic (exact) mass is 368 g/mol. The van der Waals surface area contributed by atoms with Crippen molar-refractivity contribution in [2.24, 2.45) is 0 Å². The lowest BCUT2D eigenvalue weighted by atomic mass is 10.0. The van der Waals surface area contributed by atoms with E-state index in [1.807, 2.05) is 0 Å². The normalized spacial score (nSPS) is 12.5. The molecule has 1 rings (SSSR count). The maximum absolute atomic E-state index is 13.8. The number of amides is 2. The van der Waals surface area contributed by atoms with Crippen LogP contribution in [-0.4, -0.2) is 50.1 Å². The third-order valence-electron chi connectivity index (χ3n) is 3.48. The Bertz CT molecular complexity index is 679. The van der Waals surface area contributed by atoms with E-state index in [4.69, 9.17) is 0 Å². The van der Waals surface area contributed by atoms with Crippen molar-refractivity contribution in [3.63, 3.8) is 0 Å². The Morgan fingerprint density at radius 2 is 1.69 bits per heavy atom. The van der Waals surface area contributed by atoms with Gasteiger partial charge < -0.3 is 20.1 Å². The number of halogens is 1. The Hall–Kier alpha value is -2.97. The number of methoxy groups -OCH3 is 2. The van der Waals surface area contributed by atoms with Crippen LogP contribution in [0, 0.1) is 5.82 Å². The van der Waals surface area contributed by atoms with Crippen molar-refractivity contribution in [1.82, 2.24) is 10.6 Å². The summed E-state index contributed by atoms with van der Waals surface area (Å²) in [5, 5.41) is 4.73. The van der Waals surface area contributed by atoms with Gasteiger partial charge >= 0.3 is 11.9 Å². The Morgan fingerprint density at radius 1 is 1.04 bits per heavy atom. The van der Waals surface area contributed by atoms with Gasteiger partial charge in [-0.3, -0.25) is 14.4 Å². The Kier molecular flexibility index (Phi) is 8.20. The molecule has 0 fully saturated rings. The summed E-state index contributed by atoms with van der Waals surface area (Å²) in [6, 6.07) is 3.35. The lowest BCUT2D eigenvalue weighted by molar-refractivity contribution is -0.151. The summed E-state index contributed by atoms with van der Waals surface area (Å²) in [4.78, 5) is 47.0. The molecule has 0 unspecified atom stereocenters. The van der Waals surface area contributed by atoms with Crippen molar-refractivity contribution < 1.29 is 33.0 Å². The molecule has 1 aromatic rings. The molecular weight excluding hydrogens is 347 g/mol. The first kappa shape index (κ1) is 21.1. The number of rotatable bonds is 8. The van der Waals surface area contributed by atoms with E-state index in [2.05, 4.69) is 20.1 Å². The van der Waals surface area contributed by atoms with Crippen LogP contribution in [0.15, 0.2) is 24.3 Å². The van der Waals surface area contributed by atoms with Crippen molar-refractivity contribution in [2.75, 3.05) is 14.2 Å². The van der Waals surface area contributed by atoms with Gasteiger partial charge in [0.2, 0.25) is 11.8 Å². The van der Waals surface area contributed by atoms with Gasteiger partial charge in [0.15, 0.2) is 0 Å². The number of carbonyl (C=O) groups excluding carboxylic acids is 4. The molecule has 0 aliphatic carbocycles. The first-order valence-corrected chi connectivity index (χ1v) is 7.74. The second kappa shape index (κ2) is 10.1. The molecule has 0 saturated heterocycles. The van der Waals surface area contributed by atoms with Crippen molar-refractivity contribution in [2.45, 2.75) is 31.8 Å². The molecule has 2 N–H and O–H groups in total. The van der Waals surface area contributed by atoms with E-state index >= 15 is 0 Å². The molecule has 8 nitrogen and oxygen atoms in total. The van der Waals surface area contributed by atoms with Crippen LogP contribution in [0.2, 0.25) is 0 Å². The van der Waals surface area contributed by atoms with E-state index in [0.717, 1.165) is 14.2 Å².